The van der Waals surface area contributed by atoms with E-state index in [-0.39, 0.29) is 0 Å². The topological polar surface area (TPSA) is 12.0 Å². The lowest BCUT2D eigenvalue weighted by Gasteiger charge is -2.29. The van der Waals surface area contributed by atoms with Gasteiger partial charge in [-0.15, -0.1) is 0 Å². The minimum Gasteiger partial charge on any atom is -0.388 e. The van der Waals surface area contributed by atoms with Crippen LogP contribution in [0.2, 0.25) is 0 Å². The zero-order chi connectivity index (χ0) is 7.56. The summed E-state index contributed by atoms with van der Waals surface area (Å²) in [4.78, 5) is 0. The lowest BCUT2D eigenvalue weighted by molar-refractivity contribution is 0.516. The minimum atomic E-state index is 0.798. The van der Waals surface area contributed by atoms with Crippen LogP contribution in [0.15, 0.2) is 11.3 Å². The predicted octanol–water partition coefficient (Wildman–Crippen LogP) is 2.30. The summed E-state index contributed by atoms with van der Waals surface area (Å²) in [6.45, 7) is 7.84. The van der Waals surface area contributed by atoms with E-state index in [0.29, 0.717) is 0 Å². The molecular formula is C9H17N. The maximum Gasteiger partial charge on any atom is 0.0141 e. The van der Waals surface area contributed by atoms with Gasteiger partial charge in [-0.1, -0.05) is 19.4 Å². The largest absolute Gasteiger partial charge is 0.388 e. The van der Waals surface area contributed by atoms with Crippen LogP contribution in [0, 0.1) is 5.92 Å². The van der Waals surface area contributed by atoms with E-state index in [1.54, 1.807) is 5.57 Å². The van der Waals surface area contributed by atoms with E-state index in [1.165, 1.54) is 18.5 Å². The molecule has 0 saturated heterocycles. The Morgan fingerprint density at radius 3 is 2.70 bits per heavy atom. The van der Waals surface area contributed by atoms with Crippen LogP contribution in [-0.2, 0) is 0 Å². The van der Waals surface area contributed by atoms with Crippen molar-refractivity contribution in [1.29, 1.82) is 0 Å². The second-order valence-electron chi connectivity index (χ2n) is 3.23. The number of allylic oxidation sites excluding steroid dienone is 2. The van der Waals surface area contributed by atoms with Gasteiger partial charge in [0.25, 0.3) is 0 Å². The van der Waals surface area contributed by atoms with E-state index in [1.807, 2.05) is 0 Å². The number of hydrogen-bond donors (Lipinski definition) is 1. The van der Waals surface area contributed by atoms with Crippen LogP contribution in [0.25, 0.3) is 0 Å². The minimum absolute atomic E-state index is 0.798. The van der Waals surface area contributed by atoms with Crippen molar-refractivity contribution in [3.63, 3.8) is 0 Å². The fourth-order valence-corrected chi connectivity index (χ4v) is 1.55. The summed E-state index contributed by atoms with van der Waals surface area (Å²) < 4.78 is 0. The third-order valence-corrected chi connectivity index (χ3v) is 2.13. The molecule has 1 aliphatic carbocycles. The Bertz CT molecular complexity index is 147. The van der Waals surface area contributed by atoms with E-state index >= 15 is 0 Å². The molecule has 10 heavy (non-hydrogen) atoms. The third-order valence-electron chi connectivity index (χ3n) is 2.13. The molecule has 0 aromatic carbocycles. The molecule has 1 aliphatic rings. The van der Waals surface area contributed by atoms with Crippen molar-refractivity contribution >= 4 is 0 Å². The Kier molecular flexibility index (Phi) is 2.36. The first kappa shape index (κ1) is 7.64. The van der Waals surface area contributed by atoms with Crippen LogP contribution >= 0.6 is 0 Å². The highest BCUT2D eigenvalue weighted by molar-refractivity contribution is 5.24. The van der Waals surface area contributed by atoms with E-state index in [0.717, 1.165) is 12.5 Å². The molecule has 0 radical (unpaired) electrons. The summed E-state index contributed by atoms with van der Waals surface area (Å²) in [6, 6.07) is 0. The number of hydrogen-bond acceptors (Lipinski definition) is 1. The average molecular weight is 139 g/mol. The monoisotopic (exact) mass is 139 g/mol. The summed E-state index contributed by atoms with van der Waals surface area (Å²) in [5, 5.41) is 3.45. The Morgan fingerprint density at radius 2 is 2.30 bits per heavy atom. The van der Waals surface area contributed by atoms with Gasteiger partial charge in [0.05, 0.1) is 0 Å². The Morgan fingerprint density at radius 1 is 1.60 bits per heavy atom. The van der Waals surface area contributed by atoms with Gasteiger partial charge in [0.2, 0.25) is 0 Å². The summed E-state index contributed by atoms with van der Waals surface area (Å²) >= 11 is 0. The molecule has 0 amide bonds. The second kappa shape index (κ2) is 3.09. The normalized spacial score (nSPS) is 24.5. The molecule has 0 fully saturated rings. The van der Waals surface area contributed by atoms with Crippen LogP contribution in [0.3, 0.4) is 0 Å². The van der Waals surface area contributed by atoms with Crippen LogP contribution in [0.1, 0.15) is 33.6 Å². The van der Waals surface area contributed by atoms with Crippen molar-refractivity contribution in [3.8, 4) is 0 Å². The maximum absolute atomic E-state index is 3.45. The molecule has 0 saturated carbocycles. The molecule has 1 atom stereocenters. The van der Waals surface area contributed by atoms with Crippen LogP contribution in [-0.4, -0.2) is 6.54 Å². The molecule has 58 valence electrons. The van der Waals surface area contributed by atoms with Crippen molar-refractivity contribution in [2.24, 2.45) is 5.92 Å². The molecule has 0 aliphatic heterocycles. The van der Waals surface area contributed by atoms with Gasteiger partial charge in [0.15, 0.2) is 0 Å². The fourth-order valence-electron chi connectivity index (χ4n) is 1.55. The highest BCUT2D eigenvalue weighted by Gasteiger charge is 2.20. The van der Waals surface area contributed by atoms with Crippen molar-refractivity contribution < 1.29 is 0 Å². The zero-order valence-corrected chi connectivity index (χ0v) is 7.20. The Balaban J connectivity index is 2.33. The smallest absolute Gasteiger partial charge is 0.0141 e. The van der Waals surface area contributed by atoms with Crippen molar-refractivity contribution in [2.45, 2.75) is 33.6 Å². The van der Waals surface area contributed by atoms with E-state index in [9.17, 15) is 0 Å². The van der Waals surface area contributed by atoms with Gasteiger partial charge in [-0.05, 0) is 25.7 Å². The Hall–Kier alpha value is -0.460. The predicted molar refractivity (Wildman–Crippen MR) is 44.8 cm³/mol. The Labute approximate surface area is 63.5 Å². The van der Waals surface area contributed by atoms with Gasteiger partial charge in [0, 0.05) is 12.2 Å². The van der Waals surface area contributed by atoms with E-state index in [4.69, 9.17) is 0 Å². The molecule has 0 spiro atoms. The van der Waals surface area contributed by atoms with Crippen molar-refractivity contribution in [1.82, 2.24) is 5.32 Å². The molecule has 0 aromatic heterocycles. The van der Waals surface area contributed by atoms with Crippen LogP contribution in [0.4, 0.5) is 0 Å². The molecule has 1 heteroatoms. The molecule has 1 N–H and O–H groups in total. The molecule has 1 rings (SSSR count). The van der Waals surface area contributed by atoms with Gasteiger partial charge in [0.1, 0.15) is 0 Å². The first-order valence-corrected chi connectivity index (χ1v) is 4.19. The number of nitrogens with one attached hydrogen (secondary N) is 1. The summed E-state index contributed by atoms with van der Waals surface area (Å²) in [7, 11) is 0. The third kappa shape index (κ3) is 1.34. The summed E-state index contributed by atoms with van der Waals surface area (Å²) in [6.07, 6.45) is 2.52. The molecule has 0 heterocycles. The highest BCUT2D eigenvalue weighted by atomic mass is 14.9. The van der Waals surface area contributed by atoms with E-state index in [2.05, 4.69) is 26.1 Å². The van der Waals surface area contributed by atoms with Gasteiger partial charge in [-0.2, -0.15) is 0 Å². The first-order valence-electron chi connectivity index (χ1n) is 4.19. The average Bonchev–Trinajstić information content (AvgIpc) is 1.89. The lowest BCUT2D eigenvalue weighted by atomic mass is 9.84. The highest BCUT2D eigenvalue weighted by Crippen LogP contribution is 2.31. The fraction of sp³-hybridized carbons (Fsp3) is 0.778. The quantitative estimate of drug-likeness (QED) is 0.632. The van der Waals surface area contributed by atoms with Crippen molar-refractivity contribution in [3.05, 3.63) is 11.3 Å². The molecular weight excluding hydrogens is 122 g/mol. The molecule has 0 aromatic rings. The van der Waals surface area contributed by atoms with Crippen molar-refractivity contribution in [2.75, 3.05) is 6.54 Å². The second-order valence-corrected chi connectivity index (χ2v) is 3.23. The van der Waals surface area contributed by atoms with Gasteiger partial charge in [-0.3, -0.25) is 0 Å². The zero-order valence-electron chi connectivity index (χ0n) is 7.20. The van der Waals surface area contributed by atoms with Gasteiger partial charge < -0.3 is 5.32 Å². The molecule has 1 unspecified atom stereocenters. The van der Waals surface area contributed by atoms with Crippen LogP contribution < -0.4 is 5.32 Å². The van der Waals surface area contributed by atoms with Gasteiger partial charge in [-0.25, -0.2) is 0 Å². The summed E-state index contributed by atoms with van der Waals surface area (Å²) in [5.41, 5.74) is 3.06. The van der Waals surface area contributed by atoms with E-state index < -0.39 is 0 Å². The maximum atomic E-state index is 3.45. The SMILES string of the molecule is CCCNC1=C(C)CC1C. The standard InChI is InChI=1S/C9H17N/c1-4-5-10-9-7(2)6-8(9)3/h7,10H,4-6H2,1-3H3. The first-order chi connectivity index (χ1) is 4.75. The van der Waals surface area contributed by atoms with Crippen LogP contribution in [0.5, 0.6) is 0 Å². The number of rotatable bonds is 3. The lowest BCUT2D eigenvalue weighted by Crippen LogP contribution is -2.27. The summed E-state index contributed by atoms with van der Waals surface area (Å²) in [5.74, 6) is 0.798. The molecule has 1 nitrogen and oxygen atoms in total. The van der Waals surface area contributed by atoms with Gasteiger partial charge >= 0.3 is 0 Å². The molecule has 0 bridgehead atoms.